The van der Waals surface area contributed by atoms with Gasteiger partial charge < -0.3 is 15.1 Å². The molecule has 1 aliphatic carbocycles. The highest BCUT2D eigenvalue weighted by Crippen LogP contribution is 2.41. The molecule has 1 saturated carbocycles. The number of hydrogen-bond acceptors (Lipinski definition) is 6. The van der Waals surface area contributed by atoms with Gasteiger partial charge in [-0.1, -0.05) is 23.9 Å². The molecule has 2 fully saturated rings. The van der Waals surface area contributed by atoms with Crippen LogP contribution in [0.3, 0.4) is 0 Å². The Morgan fingerprint density at radius 1 is 1.20 bits per heavy atom. The molecule has 0 spiro atoms. The van der Waals surface area contributed by atoms with Crippen molar-refractivity contribution in [1.82, 2.24) is 14.8 Å². The van der Waals surface area contributed by atoms with Gasteiger partial charge in [0.2, 0.25) is 17.8 Å². The van der Waals surface area contributed by atoms with E-state index in [1.165, 1.54) is 24.6 Å². The summed E-state index contributed by atoms with van der Waals surface area (Å²) in [5, 5.41) is 12.6. The molecular weight excluding hydrogens is 400 g/mol. The number of nitrogens with zero attached hydrogens (tertiary/aromatic N) is 5. The van der Waals surface area contributed by atoms with Gasteiger partial charge in [0.15, 0.2) is 5.16 Å². The van der Waals surface area contributed by atoms with Crippen molar-refractivity contribution in [3.8, 4) is 0 Å². The Bertz CT molecular complexity index is 966. The summed E-state index contributed by atoms with van der Waals surface area (Å²) < 4.78 is 2.23. The topological polar surface area (TPSA) is 83.4 Å². The van der Waals surface area contributed by atoms with Gasteiger partial charge in [0, 0.05) is 31.6 Å². The molecule has 1 aromatic carbocycles. The summed E-state index contributed by atoms with van der Waals surface area (Å²) in [4.78, 5) is 29.5. The average Bonchev–Trinajstić information content (AvgIpc) is 3.28. The molecule has 0 unspecified atom stereocenters. The number of nitrogens with one attached hydrogen (secondary N) is 1. The van der Waals surface area contributed by atoms with Crippen LogP contribution >= 0.6 is 11.8 Å². The minimum absolute atomic E-state index is 0.0236. The first-order valence-electron chi connectivity index (χ1n) is 10.7. The van der Waals surface area contributed by atoms with E-state index in [0.29, 0.717) is 11.7 Å². The van der Waals surface area contributed by atoms with Crippen LogP contribution in [0.2, 0.25) is 0 Å². The molecule has 30 heavy (non-hydrogen) atoms. The van der Waals surface area contributed by atoms with E-state index in [4.69, 9.17) is 0 Å². The molecule has 9 heteroatoms. The van der Waals surface area contributed by atoms with Gasteiger partial charge in [-0.15, -0.1) is 10.2 Å². The summed E-state index contributed by atoms with van der Waals surface area (Å²) >= 11 is 1.45. The number of thioether (sulfide) groups is 1. The second-order valence-corrected chi connectivity index (χ2v) is 9.19. The zero-order valence-corrected chi connectivity index (χ0v) is 17.9. The smallest absolute Gasteiger partial charge is 0.237 e. The Morgan fingerprint density at radius 3 is 2.73 bits per heavy atom. The van der Waals surface area contributed by atoms with E-state index in [1.807, 2.05) is 31.2 Å². The van der Waals surface area contributed by atoms with Crippen LogP contribution in [-0.4, -0.2) is 51.5 Å². The number of fused-ring (bicyclic) bond motifs is 1. The molecule has 158 valence electrons. The largest absolute Gasteiger partial charge is 0.341 e. The van der Waals surface area contributed by atoms with Crippen molar-refractivity contribution in [2.75, 3.05) is 34.0 Å². The van der Waals surface area contributed by atoms with Crippen LogP contribution in [0.5, 0.6) is 0 Å². The van der Waals surface area contributed by atoms with Crippen molar-refractivity contribution in [3.05, 3.63) is 24.3 Å². The van der Waals surface area contributed by atoms with Crippen LogP contribution in [0.25, 0.3) is 0 Å². The first-order chi connectivity index (χ1) is 14.6. The van der Waals surface area contributed by atoms with E-state index in [-0.39, 0.29) is 30.0 Å². The fourth-order valence-corrected chi connectivity index (χ4v) is 5.18. The van der Waals surface area contributed by atoms with Gasteiger partial charge in [0.25, 0.3) is 0 Å². The van der Waals surface area contributed by atoms with Gasteiger partial charge in [-0.25, -0.2) is 0 Å². The Labute approximate surface area is 180 Å². The number of para-hydroxylation sites is 2. The van der Waals surface area contributed by atoms with E-state index in [9.17, 15) is 9.59 Å². The van der Waals surface area contributed by atoms with Crippen LogP contribution in [-0.2, 0) is 9.59 Å². The molecule has 0 bridgehead atoms. The molecule has 1 N–H and O–H groups in total. The first kappa shape index (κ1) is 19.4. The summed E-state index contributed by atoms with van der Waals surface area (Å²) in [5.41, 5.74) is 1.44. The number of carbonyl (C=O) groups excluding carboxylic acids is 2. The molecule has 1 atom stereocenters. The standard InChI is InChI=1S/C21H26N6O2S/c1-14-12-18(28)22-16-6-2-3-7-17(16)26(14)19(29)13-30-21-24-23-20(25-10-4-5-11-25)27(21)15-8-9-15/h2-3,6-7,14-15H,4-5,8-13H2,1H3,(H,22,28)/t14-/m1/s1. The van der Waals surface area contributed by atoms with Crippen molar-refractivity contribution < 1.29 is 9.59 Å². The number of hydrogen-bond donors (Lipinski definition) is 1. The summed E-state index contributed by atoms with van der Waals surface area (Å²) in [6.45, 7) is 3.97. The maximum absolute atomic E-state index is 13.3. The monoisotopic (exact) mass is 426 g/mol. The van der Waals surface area contributed by atoms with E-state index in [0.717, 1.165) is 42.7 Å². The maximum atomic E-state index is 13.3. The Balaban J connectivity index is 1.36. The number of carbonyl (C=O) groups is 2. The number of amides is 2. The Hall–Kier alpha value is -2.55. The van der Waals surface area contributed by atoms with Gasteiger partial charge in [-0.3, -0.25) is 14.2 Å². The normalized spacial score (nSPS) is 21.4. The minimum atomic E-state index is -0.205. The molecule has 8 nitrogen and oxygen atoms in total. The summed E-state index contributed by atoms with van der Waals surface area (Å²) in [5.74, 6) is 1.12. The summed E-state index contributed by atoms with van der Waals surface area (Å²) in [7, 11) is 0. The first-order valence-corrected chi connectivity index (χ1v) is 11.6. The molecule has 3 aliphatic rings. The van der Waals surface area contributed by atoms with E-state index >= 15 is 0 Å². The fraction of sp³-hybridized carbons (Fsp3) is 0.524. The molecule has 1 saturated heterocycles. The van der Waals surface area contributed by atoms with Crippen molar-refractivity contribution in [2.24, 2.45) is 0 Å². The fourth-order valence-electron chi connectivity index (χ4n) is 4.32. The van der Waals surface area contributed by atoms with Crippen molar-refractivity contribution in [3.63, 3.8) is 0 Å². The predicted octanol–water partition coefficient (Wildman–Crippen LogP) is 3.07. The SMILES string of the molecule is C[C@@H]1CC(=O)Nc2ccccc2N1C(=O)CSc1nnc(N2CCCC2)n1C1CC1. The van der Waals surface area contributed by atoms with Gasteiger partial charge in [-0.05, 0) is 44.7 Å². The van der Waals surface area contributed by atoms with Gasteiger partial charge in [0.1, 0.15) is 0 Å². The lowest BCUT2D eigenvalue weighted by Gasteiger charge is -2.27. The Morgan fingerprint density at radius 2 is 1.97 bits per heavy atom. The average molecular weight is 427 g/mol. The Kier molecular flexibility index (Phi) is 5.14. The highest BCUT2D eigenvalue weighted by Gasteiger charge is 2.34. The molecular formula is C21H26N6O2S. The number of benzene rings is 1. The lowest BCUT2D eigenvalue weighted by Crippen LogP contribution is -2.40. The third kappa shape index (κ3) is 3.66. The van der Waals surface area contributed by atoms with Gasteiger partial charge in [0.05, 0.1) is 17.1 Å². The second-order valence-electron chi connectivity index (χ2n) is 8.25. The molecule has 5 rings (SSSR count). The van der Waals surface area contributed by atoms with Crippen molar-refractivity contribution in [2.45, 2.75) is 56.3 Å². The third-order valence-corrected chi connectivity index (χ3v) is 6.83. The van der Waals surface area contributed by atoms with Crippen molar-refractivity contribution >= 4 is 40.9 Å². The van der Waals surface area contributed by atoms with Crippen LogP contribution in [0.15, 0.2) is 29.4 Å². The summed E-state index contributed by atoms with van der Waals surface area (Å²) in [6.07, 6.45) is 4.95. The van der Waals surface area contributed by atoms with Crippen LogP contribution in [0.4, 0.5) is 17.3 Å². The highest BCUT2D eigenvalue weighted by atomic mass is 32.2. The lowest BCUT2D eigenvalue weighted by molar-refractivity contribution is -0.117. The van der Waals surface area contributed by atoms with Gasteiger partial charge >= 0.3 is 0 Å². The van der Waals surface area contributed by atoms with Crippen molar-refractivity contribution in [1.29, 1.82) is 0 Å². The molecule has 0 radical (unpaired) electrons. The van der Waals surface area contributed by atoms with Crippen LogP contribution in [0.1, 0.15) is 45.1 Å². The molecule has 2 aliphatic heterocycles. The number of rotatable bonds is 5. The zero-order valence-electron chi connectivity index (χ0n) is 17.1. The quantitative estimate of drug-likeness (QED) is 0.740. The summed E-state index contributed by atoms with van der Waals surface area (Å²) in [6, 6.07) is 7.73. The molecule has 2 aromatic rings. The molecule has 2 amide bonds. The second kappa shape index (κ2) is 7.94. The third-order valence-electron chi connectivity index (χ3n) is 5.90. The zero-order chi connectivity index (χ0) is 20.7. The number of anilines is 3. The minimum Gasteiger partial charge on any atom is -0.341 e. The molecule has 1 aromatic heterocycles. The number of aromatic nitrogens is 3. The van der Waals surface area contributed by atoms with E-state index < -0.39 is 0 Å². The molecule has 3 heterocycles. The van der Waals surface area contributed by atoms with E-state index in [2.05, 4.69) is 25.0 Å². The van der Waals surface area contributed by atoms with Crippen LogP contribution < -0.4 is 15.1 Å². The highest BCUT2D eigenvalue weighted by molar-refractivity contribution is 7.99. The van der Waals surface area contributed by atoms with E-state index in [1.54, 1.807) is 4.90 Å². The lowest BCUT2D eigenvalue weighted by atomic mass is 10.2. The van der Waals surface area contributed by atoms with Crippen LogP contribution in [0, 0.1) is 0 Å². The maximum Gasteiger partial charge on any atom is 0.237 e. The van der Waals surface area contributed by atoms with Gasteiger partial charge in [-0.2, -0.15) is 0 Å². The predicted molar refractivity (Wildman–Crippen MR) is 117 cm³/mol.